The monoisotopic (exact) mass is 524 g/mol. The van der Waals surface area contributed by atoms with Gasteiger partial charge in [-0.1, -0.05) is 43.2 Å². The number of nitrogens with zero attached hydrogens (tertiary/aromatic N) is 2. The molecular weight excluding hydrogens is 480 g/mol. The molecule has 8 heteroatoms. The molecule has 1 aliphatic heterocycles. The third-order valence-electron chi connectivity index (χ3n) is 6.38. The summed E-state index contributed by atoms with van der Waals surface area (Å²) in [6, 6.07) is 16.2. The van der Waals surface area contributed by atoms with Crippen molar-refractivity contribution in [3.8, 4) is 0 Å². The Bertz CT molecular complexity index is 1010. The van der Waals surface area contributed by atoms with E-state index in [1.54, 1.807) is 4.90 Å². The molecule has 38 heavy (non-hydrogen) atoms. The van der Waals surface area contributed by atoms with Gasteiger partial charge in [-0.05, 0) is 69.9 Å². The van der Waals surface area contributed by atoms with Crippen molar-refractivity contribution < 1.29 is 19.1 Å². The third kappa shape index (κ3) is 10.1. The molecule has 0 atom stereocenters. The van der Waals surface area contributed by atoms with Gasteiger partial charge < -0.3 is 29.9 Å². The second-order valence-corrected chi connectivity index (χ2v) is 10.8. The van der Waals surface area contributed by atoms with Gasteiger partial charge in [0.2, 0.25) is 0 Å². The average molecular weight is 525 g/mol. The van der Waals surface area contributed by atoms with Gasteiger partial charge in [-0.2, -0.15) is 0 Å². The summed E-state index contributed by atoms with van der Waals surface area (Å²) in [4.78, 5) is 28.2. The predicted octanol–water partition coefficient (Wildman–Crippen LogP) is 5.95. The van der Waals surface area contributed by atoms with Crippen LogP contribution in [-0.4, -0.2) is 62.0 Å². The van der Waals surface area contributed by atoms with Crippen LogP contribution in [0.25, 0.3) is 0 Å². The number of amides is 2. The standard InChI is InChI=1S/C30H44N4O4/c1-24-22-26(14-15-27(24)33-18-20-34(21-19-33)29(36)38-30(2,3)4)31-16-10-5-6-11-17-32-28(35)37-23-25-12-8-7-9-13-25/h7-9,12-15,22,31H,5-6,10-11,16-21,23H2,1-4H3,(H,32,35). The molecule has 1 fully saturated rings. The summed E-state index contributed by atoms with van der Waals surface area (Å²) in [5, 5.41) is 6.34. The van der Waals surface area contributed by atoms with Crippen LogP contribution in [0.2, 0.25) is 0 Å². The number of nitrogens with one attached hydrogen (secondary N) is 2. The summed E-state index contributed by atoms with van der Waals surface area (Å²) in [6.45, 7) is 12.6. The van der Waals surface area contributed by atoms with E-state index in [1.807, 2.05) is 51.1 Å². The molecule has 0 unspecified atom stereocenters. The number of ether oxygens (including phenoxy) is 2. The molecule has 2 amide bonds. The minimum absolute atomic E-state index is 0.231. The zero-order valence-corrected chi connectivity index (χ0v) is 23.4. The van der Waals surface area contributed by atoms with Gasteiger partial charge in [0.25, 0.3) is 0 Å². The number of carbonyl (C=O) groups is 2. The summed E-state index contributed by atoms with van der Waals surface area (Å²) in [7, 11) is 0. The molecule has 2 aromatic carbocycles. The molecule has 0 saturated carbocycles. The largest absolute Gasteiger partial charge is 0.445 e. The topological polar surface area (TPSA) is 83.1 Å². The number of rotatable bonds is 11. The Morgan fingerprint density at radius 3 is 2.24 bits per heavy atom. The van der Waals surface area contributed by atoms with Crippen LogP contribution in [0.4, 0.5) is 21.0 Å². The zero-order chi connectivity index (χ0) is 27.4. The van der Waals surface area contributed by atoms with Gasteiger partial charge in [0.05, 0.1) is 0 Å². The number of piperazine rings is 1. The number of anilines is 2. The maximum absolute atomic E-state index is 12.3. The maximum atomic E-state index is 12.3. The molecule has 2 aromatic rings. The molecular formula is C30H44N4O4. The first-order valence-electron chi connectivity index (χ1n) is 13.7. The fraction of sp³-hybridized carbons (Fsp3) is 0.533. The van der Waals surface area contributed by atoms with Crippen LogP contribution in [0.15, 0.2) is 48.5 Å². The zero-order valence-electron chi connectivity index (χ0n) is 23.4. The van der Waals surface area contributed by atoms with E-state index in [9.17, 15) is 9.59 Å². The van der Waals surface area contributed by atoms with Crippen LogP contribution in [0, 0.1) is 6.92 Å². The Morgan fingerprint density at radius 1 is 0.895 bits per heavy atom. The molecule has 2 N–H and O–H groups in total. The van der Waals surface area contributed by atoms with Crippen LogP contribution in [0.3, 0.4) is 0 Å². The molecule has 1 heterocycles. The Balaban J connectivity index is 1.26. The van der Waals surface area contributed by atoms with Crippen LogP contribution >= 0.6 is 0 Å². The summed E-state index contributed by atoms with van der Waals surface area (Å²) < 4.78 is 10.7. The predicted molar refractivity (Wildman–Crippen MR) is 153 cm³/mol. The Morgan fingerprint density at radius 2 is 1.58 bits per heavy atom. The SMILES string of the molecule is Cc1cc(NCCCCCCNC(=O)OCc2ccccc2)ccc1N1CCN(C(=O)OC(C)(C)C)CC1. The highest BCUT2D eigenvalue weighted by Crippen LogP contribution is 2.25. The highest BCUT2D eigenvalue weighted by atomic mass is 16.6. The molecule has 0 spiro atoms. The molecule has 0 radical (unpaired) electrons. The lowest BCUT2D eigenvalue weighted by Gasteiger charge is -2.37. The lowest BCUT2D eigenvalue weighted by Crippen LogP contribution is -2.50. The Labute approximate surface area is 227 Å². The highest BCUT2D eigenvalue weighted by Gasteiger charge is 2.26. The molecule has 0 aliphatic carbocycles. The van der Waals surface area contributed by atoms with E-state index < -0.39 is 5.60 Å². The van der Waals surface area contributed by atoms with Crippen LogP contribution in [0.5, 0.6) is 0 Å². The Hall–Kier alpha value is -3.42. The number of hydrogen-bond acceptors (Lipinski definition) is 6. The van der Waals surface area contributed by atoms with E-state index in [2.05, 4.69) is 40.7 Å². The van der Waals surface area contributed by atoms with Crippen molar-refractivity contribution in [1.29, 1.82) is 0 Å². The maximum Gasteiger partial charge on any atom is 0.410 e. The summed E-state index contributed by atoms with van der Waals surface area (Å²) in [6.07, 6.45) is 3.59. The number of hydrogen-bond donors (Lipinski definition) is 2. The van der Waals surface area contributed by atoms with E-state index in [4.69, 9.17) is 9.47 Å². The van der Waals surface area contributed by atoms with Crippen molar-refractivity contribution in [3.05, 3.63) is 59.7 Å². The summed E-state index contributed by atoms with van der Waals surface area (Å²) >= 11 is 0. The first-order valence-corrected chi connectivity index (χ1v) is 13.7. The first kappa shape index (κ1) is 29.1. The average Bonchev–Trinajstić information content (AvgIpc) is 2.89. The fourth-order valence-corrected chi connectivity index (χ4v) is 4.38. The van der Waals surface area contributed by atoms with E-state index >= 15 is 0 Å². The number of aryl methyl sites for hydroxylation is 1. The third-order valence-corrected chi connectivity index (χ3v) is 6.38. The molecule has 0 bridgehead atoms. The molecule has 0 aromatic heterocycles. The number of carbonyl (C=O) groups excluding carboxylic acids is 2. The van der Waals surface area contributed by atoms with Crippen molar-refractivity contribution in [2.45, 2.75) is 65.6 Å². The van der Waals surface area contributed by atoms with Crippen molar-refractivity contribution in [1.82, 2.24) is 10.2 Å². The number of benzene rings is 2. The van der Waals surface area contributed by atoms with Gasteiger partial charge >= 0.3 is 12.2 Å². The van der Waals surface area contributed by atoms with E-state index in [-0.39, 0.29) is 12.2 Å². The molecule has 3 rings (SSSR count). The second-order valence-electron chi connectivity index (χ2n) is 10.8. The fourth-order valence-electron chi connectivity index (χ4n) is 4.38. The van der Waals surface area contributed by atoms with Gasteiger partial charge in [0.1, 0.15) is 12.2 Å². The van der Waals surface area contributed by atoms with Gasteiger partial charge in [-0.25, -0.2) is 9.59 Å². The number of alkyl carbamates (subject to hydrolysis) is 1. The first-order chi connectivity index (χ1) is 18.2. The van der Waals surface area contributed by atoms with Crippen LogP contribution in [0.1, 0.15) is 57.6 Å². The quantitative estimate of drug-likeness (QED) is 0.354. The lowest BCUT2D eigenvalue weighted by atomic mass is 10.1. The summed E-state index contributed by atoms with van der Waals surface area (Å²) in [5.74, 6) is 0. The van der Waals surface area contributed by atoms with Crippen molar-refractivity contribution >= 4 is 23.6 Å². The molecule has 1 saturated heterocycles. The van der Waals surface area contributed by atoms with E-state index in [0.29, 0.717) is 26.2 Å². The minimum atomic E-state index is -0.469. The normalized spacial score (nSPS) is 13.7. The highest BCUT2D eigenvalue weighted by molar-refractivity contribution is 5.69. The molecule has 8 nitrogen and oxygen atoms in total. The van der Waals surface area contributed by atoms with Gasteiger partial charge in [0.15, 0.2) is 0 Å². The van der Waals surface area contributed by atoms with Gasteiger partial charge in [0, 0.05) is 50.6 Å². The minimum Gasteiger partial charge on any atom is -0.445 e. The van der Waals surface area contributed by atoms with Crippen molar-refractivity contribution in [2.24, 2.45) is 0 Å². The molecule has 208 valence electrons. The summed E-state index contributed by atoms with van der Waals surface area (Å²) in [5.41, 5.74) is 4.09. The van der Waals surface area contributed by atoms with Crippen molar-refractivity contribution in [2.75, 3.05) is 49.5 Å². The van der Waals surface area contributed by atoms with E-state index in [1.165, 1.54) is 11.3 Å². The van der Waals surface area contributed by atoms with Crippen molar-refractivity contribution in [3.63, 3.8) is 0 Å². The lowest BCUT2D eigenvalue weighted by molar-refractivity contribution is 0.0240. The smallest absolute Gasteiger partial charge is 0.410 e. The second kappa shape index (κ2) is 14.5. The molecule has 1 aliphatic rings. The van der Waals surface area contributed by atoms with Crippen LogP contribution < -0.4 is 15.5 Å². The van der Waals surface area contributed by atoms with Gasteiger partial charge in [-0.3, -0.25) is 0 Å². The van der Waals surface area contributed by atoms with Crippen LogP contribution in [-0.2, 0) is 16.1 Å². The van der Waals surface area contributed by atoms with Gasteiger partial charge in [-0.15, -0.1) is 0 Å². The Kier molecular flexibility index (Phi) is 11.1. The number of unbranched alkanes of at least 4 members (excludes halogenated alkanes) is 3. The van der Waals surface area contributed by atoms with E-state index in [0.717, 1.165) is 56.6 Å².